The smallest absolute Gasteiger partial charge is 0.122 e. The molecule has 3 nitrogen and oxygen atoms in total. The second-order valence-electron chi connectivity index (χ2n) is 4.58. The second-order valence-corrected chi connectivity index (χ2v) is 4.58. The highest BCUT2D eigenvalue weighted by atomic mass is 16.5. The number of hydrogen-bond acceptors (Lipinski definition) is 3. The number of methoxy groups -OCH3 is 1. The van der Waals surface area contributed by atoms with E-state index in [1.54, 1.807) is 7.11 Å². The van der Waals surface area contributed by atoms with Gasteiger partial charge in [-0.3, -0.25) is 0 Å². The van der Waals surface area contributed by atoms with Crippen molar-refractivity contribution in [2.75, 3.05) is 13.7 Å². The van der Waals surface area contributed by atoms with E-state index in [0.29, 0.717) is 6.61 Å². The van der Waals surface area contributed by atoms with Gasteiger partial charge in [-0.2, -0.15) is 0 Å². The highest BCUT2D eigenvalue weighted by molar-refractivity contribution is 5.43. The first-order chi connectivity index (χ1) is 10.2. The molecule has 2 aromatic rings. The van der Waals surface area contributed by atoms with Gasteiger partial charge in [0.1, 0.15) is 24.7 Å². The molecule has 0 fully saturated rings. The molecule has 0 bridgehead atoms. The molecule has 0 aliphatic heterocycles. The van der Waals surface area contributed by atoms with Gasteiger partial charge in [0.25, 0.3) is 0 Å². The van der Waals surface area contributed by atoms with Crippen molar-refractivity contribution < 1.29 is 14.6 Å². The van der Waals surface area contributed by atoms with E-state index in [2.05, 4.69) is 11.8 Å². The van der Waals surface area contributed by atoms with E-state index in [0.717, 1.165) is 28.2 Å². The number of hydrogen-bond donors (Lipinski definition) is 1. The lowest BCUT2D eigenvalue weighted by Crippen LogP contribution is -1.97. The second kappa shape index (κ2) is 7.37. The quantitative estimate of drug-likeness (QED) is 0.876. The molecule has 0 spiro atoms. The number of rotatable bonds is 4. The summed E-state index contributed by atoms with van der Waals surface area (Å²) >= 11 is 0. The third-order valence-corrected chi connectivity index (χ3v) is 3.04. The van der Waals surface area contributed by atoms with Crippen molar-refractivity contribution in [2.24, 2.45) is 0 Å². The Morgan fingerprint density at radius 1 is 1.10 bits per heavy atom. The number of aryl methyl sites for hydroxylation is 1. The van der Waals surface area contributed by atoms with Gasteiger partial charge in [-0.05, 0) is 48.4 Å². The van der Waals surface area contributed by atoms with Gasteiger partial charge in [0.05, 0.1) is 7.11 Å². The van der Waals surface area contributed by atoms with E-state index >= 15 is 0 Å². The van der Waals surface area contributed by atoms with Crippen LogP contribution in [0.2, 0.25) is 0 Å². The fraction of sp³-hybridized carbons (Fsp3) is 0.222. The first-order valence-corrected chi connectivity index (χ1v) is 6.69. The molecule has 0 saturated heterocycles. The Kier molecular flexibility index (Phi) is 5.25. The van der Waals surface area contributed by atoms with E-state index in [4.69, 9.17) is 14.6 Å². The Balaban J connectivity index is 2.02. The molecule has 0 heterocycles. The zero-order valence-corrected chi connectivity index (χ0v) is 12.2. The van der Waals surface area contributed by atoms with Crippen LogP contribution >= 0.6 is 0 Å². The molecule has 0 unspecified atom stereocenters. The van der Waals surface area contributed by atoms with Crippen LogP contribution < -0.4 is 9.47 Å². The van der Waals surface area contributed by atoms with Crippen LogP contribution in [0.25, 0.3) is 0 Å². The standard InChI is InChI=1S/C18H18O3/c1-14-12-15(4-3-11-19)7-10-18(14)21-13-16-5-8-17(20-2)9-6-16/h5-10,12,19H,11,13H2,1-2H3. The Labute approximate surface area is 125 Å². The maximum atomic E-state index is 8.69. The van der Waals surface area contributed by atoms with Crippen molar-refractivity contribution in [3.05, 3.63) is 59.2 Å². The van der Waals surface area contributed by atoms with Crippen molar-refractivity contribution in [3.8, 4) is 23.3 Å². The van der Waals surface area contributed by atoms with Gasteiger partial charge >= 0.3 is 0 Å². The highest BCUT2D eigenvalue weighted by Gasteiger charge is 2.01. The van der Waals surface area contributed by atoms with Crippen LogP contribution in [-0.4, -0.2) is 18.8 Å². The Morgan fingerprint density at radius 2 is 1.86 bits per heavy atom. The summed E-state index contributed by atoms with van der Waals surface area (Å²) < 4.78 is 10.9. The molecule has 108 valence electrons. The van der Waals surface area contributed by atoms with E-state index in [-0.39, 0.29) is 6.61 Å². The SMILES string of the molecule is COc1ccc(COc2ccc(C#CCO)cc2C)cc1. The molecular weight excluding hydrogens is 264 g/mol. The van der Waals surface area contributed by atoms with Gasteiger partial charge in [0.2, 0.25) is 0 Å². The lowest BCUT2D eigenvalue weighted by atomic mass is 10.1. The van der Waals surface area contributed by atoms with E-state index in [1.807, 2.05) is 49.4 Å². The number of aliphatic hydroxyl groups is 1. The van der Waals surface area contributed by atoms with E-state index < -0.39 is 0 Å². The molecule has 21 heavy (non-hydrogen) atoms. The Hall–Kier alpha value is -2.44. The minimum absolute atomic E-state index is 0.130. The summed E-state index contributed by atoms with van der Waals surface area (Å²) in [6.07, 6.45) is 0. The molecule has 2 rings (SSSR count). The predicted molar refractivity (Wildman–Crippen MR) is 82.5 cm³/mol. The van der Waals surface area contributed by atoms with Gasteiger partial charge < -0.3 is 14.6 Å². The monoisotopic (exact) mass is 282 g/mol. The van der Waals surface area contributed by atoms with Gasteiger partial charge in [-0.15, -0.1) is 0 Å². The molecule has 0 radical (unpaired) electrons. The number of aliphatic hydroxyl groups excluding tert-OH is 1. The highest BCUT2D eigenvalue weighted by Crippen LogP contribution is 2.20. The maximum Gasteiger partial charge on any atom is 0.122 e. The number of ether oxygens (including phenoxy) is 2. The van der Waals surface area contributed by atoms with Crippen molar-refractivity contribution in [1.82, 2.24) is 0 Å². The van der Waals surface area contributed by atoms with Crippen LogP contribution in [0.1, 0.15) is 16.7 Å². The van der Waals surface area contributed by atoms with Crippen LogP contribution in [0.3, 0.4) is 0 Å². The normalized spacial score (nSPS) is 9.67. The fourth-order valence-corrected chi connectivity index (χ4v) is 1.91. The summed E-state index contributed by atoms with van der Waals surface area (Å²) in [4.78, 5) is 0. The predicted octanol–water partition coefficient (Wildman–Crippen LogP) is 2.93. The van der Waals surface area contributed by atoms with Gasteiger partial charge in [-0.25, -0.2) is 0 Å². The van der Waals surface area contributed by atoms with Crippen molar-refractivity contribution in [2.45, 2.75) is 13.5 Å². The lowest BCUT2D eigenvalue weighted by Gasteiger charge is -2.10. The minimum atomic E-state index is -0.130. The van der Waals surface area contributed by atoms with Crippen LogP contribution in [0.5, 0.6) is 11.5 Å². The first-order valence-electron chi connectivity index (χ1n) is 6.69. The third kappa shape index (κ3) is 4.27. The molecule has 0 aliphatic carbocycles. The van der Waals surface area contributed by atoms with E-state index in [9.17, 15) is 0 Å². The minimum Gasteiger partial charge on any atom is -0.497 e. The molecule has 2 aromatic carbocycles. The Morgan fingerprint density at radius 3 is 2.48 bits per heavy atom. The molecule has 3 heteroatoms. The summed E-state index contributed by atoms with van der Waals surface area (Å²) in [5, 5.41) is 8.69. The fourth-order valence-electron chi connectivity index (χ4n) is 1.91. The third-order valence-electron chi connectivity index (χ3n) is 3.04. The summed E-state index contributed by atoms with van der Waals surface area (Å²) in [5.74, 6) is 7.18. The molecule has 0 aromatic heterocycles. The molecule has 0 aliphatic rings. The Bertz CT molecular complexity index is 648. The molecular formula is C18H18O3. The van der Waals surface area contributed by atoms with E-state index in [1.165, 1.54) is 0 Å². The zero-order valence-electron chi connectivity index (χ0n) is 12.2. The van der Waals surface area contributed by atoms with Gasteiger partial charge in [0.15, 0.2) is 0 Å². The van der Waals surface area contributed by atoms with Crippen LogP contribution in [0, 0.1) is 18.8 Å². The summed E-state index contributed by atoms with van der Waals surface area (Å²) in [6.45, 7) is 2.36. The number of benzene rings is 2. The largest absolute Gasteiger partial charge is 0.497 e. The average molecular weight is 282 g/mol. The van der Waals surface area contributed by atoms with Crippen LogP contribution in [0.15, 0.2) is 42.5 Å². The summed E-state index contributed by atoms with van der Waals surface area (Å²) in [7, 11) is 1.65. The zero-order chi connectivity index (χ0) is 15.1. The maximum absolute atomic E-state index is 8.69. The first kappa shape index (κ1) is 15.0. The van der Waals surface area contributed by atoms with Gasteiger partial charge in [-0.1, -0.05) is 24.0 Å². The summed E-state index contributed by atoms with van der Waals surface area (Å²) in [5.41, 5.74) is 2.98. The topological polar surface area (TPSA) is 38.7 Å². The van der Waals surface area contributed by atoms with Crippen LogP contribution in [0.4, 0.5) is 0 Å². The molecule has 0 amide bonds. The van der Waals surface area contributed by atoms with Gasteiger partial charge in [0, 0.05) is 5.56 Å². The molecule has 1 N–H and O–H groups in total. The van der Waals surface area contributed by atoms with Crippen molar-refractivity contribution in [1.29, 1.82) is 0 Å². The van der Waals surface area contributed by atoms with Crippen molar-refractivity contribution >= 4 is 0 Å². The van der Waals surface area contributed by atoms with Crippen molar-refractivity contribution in [3.63, 3.8) is 0 Å². The molecule has 0 saturated carbocycles. The lowest BCUT2D eigenvalue weighted by molar-refractivity contribution is 0.304. The molecule has 0 atom stereocenters. The average Bonchev–Trinajstić information content (AvgIpc) is 2.52. The summed E-state index contributed by atoms with van der Waals surface area (Å²) in [6, 6.07) is 13.5. The van der Waals surface area contributed by atoms with Crippen LogP contribution in [-0.2, 0) is 6.61 Å².